The molecule has 0 unspecified atom stereocenters. The average Bonchev–Trinajstić information content (AvgIpc) is 2.64. The van der Waals surface area contributed by atoms with Gasteiger partial charge in [0.2, 0.25) is 0 Å². The summed E-state index contributed by atoms with van der Waals surface area (Å²) in [4.78, 5) is 0. The molecule has 21 heavy (non-hydrogen) atoms. The second-order valence-electron chi connectivity index (χ2n) is 6.07. The number of benzene rings is 2. The van der Waals surface area contributed by atoms with Crippen molar-refractivity contribution in [1.82, 2.24) is 4.57 Å². The minimum Gasteiger partial charge on any atom is -0.333 e. The van der Waals surface area contributed by atoms with E-state index < -0.39 is 0 Å². The van der Waals surface area contributed by atoms with Gasteiger partial charge in [-0.25, -0.2) is 0 Å². The number of rotatable bonds is 0. The third-order valence-corrected chi connectivity index (χ3v) is 4.48. The van der Waals surface area contributed by atoms with Crippen LogP contribution in [0, 0.1) is 0 Å². The molecule has 3 aromatic rings. The van der Waals surface area contributed by atoms with Crippen LogP contribution in [0.1, 0.15) is 20.8 Å². The van der Waals surface area contributed by atoms with E-state index >= 15 is 0 Å². The Balaban J connectivity index is 2.69. The van der Waals surface area contributed by atoms with Gasteiger partial charge >= 0.3 is 0 Å². The van der Waals surface area contributed by atoms with Crippen molar-refractivity contribution in [2.45, 2.75) is 26.3 Å². The van der Waals surface area contributed by atoms with Gasteiger partial charge in [0.1, 0.15) is 0 Å². The molecule has 0 fully saturated rings. The highest BCUT2D eigenvalue weighted by molar-refractivity contribution is 6.42. The molecule has 0 bridgehead atoms. The number of aromatic nitrogens is 1. The van der Waals surface area contributed by atoms with E-state index in [1.54, 1.807) is 12.1 Å². The molecule has 0 aliphatic heterocycles. The van der Waals surface area contributed by atoms with Crippen molar-refractivity contribution in [1.29, 1.82) is 0 Å². The first-order chi connectivity index (χ1) is 9.70. The third-order valence-electron chi connectivity index (χ3n) is 3.46. The summed E-state index contributed by atoms with van der Waals surface area (Å²) >= 11 is 25.2. The van der Waals surface area contributed by atoms with E-state index in [2.05, 4.69) is 25.3 Å². The zero-order valence-corrected chi connectivity index (χ0v) is 14.8. The summed E-state index contributed by atoms with van der Waals surface area (Å²) in [6.07, 6.45) is 0. The van der Waals surface area contributed by atoms with E-state index in [0.29, 0.717) is 20.1 Å². The van der Waals surface area contributed by atoms with E-state index in [9.17, 15) is 0 Å². The van der Waals surface area contributed by atoms with Crippen LogP contribution in [0.5, 0.6) is 0 Å². The molecule has 3 rings (SSSR count). The largest absolute Gasteiger partial charge is 0.333 e. The van der Waals surface area contributed by atoms with Gasteiger partial charge in [-0.1, -0.05) is 46.4 Å². The summed E-state index contributed by atoms with van der Waals surface area (Å²) in [5, 5.41) is 4.32. The van der Waals surface area contributed by atoms with Crippen LogP contribution in [-0.4, -0.2) is 4.57 Å². The topological polar surface area (TPSA) is 4.93 Å². The summed E-state index contributed by atoms with van der Waals surface area (Å²) in [6, 6.07) is 7.31. The number of hydrogen-bond donors (Lipinski definition) is 0. The number of nitrogens with zero attached hydrogens (tertiary/aromatic N) is 1. The van der Waals surface area contributed by atoms with E-state index in [1.807, 2.05) is 12.1 Å². The molecule has 0 N–H and O–H groups in total. The van der Waals surface area contributed by atoms with Gasteiger partial charge in [0.05, 0.1) is 21.1 Å². The van der Waals surface area contributed by atoms with Crippen molar-refractivity contribution < 1.29 is 0 Å². The predicted octanol–water partition coefficient (Wildman–Crippen LogP) is 7.16. The van der Waals surface area contributed by atoms with Crippen LogP contribution in [0.2, 0.25) is 20.1 Å². The van der Waals surface area contributed by atoms with E-state index in [4.69, 9.17) is 46.4 Å². The first-order valence-corrected chi connectivity index (χ1v) is 8.00. The molecule has 0 aliphatic carbocycles. The molecule has 0 saturated heterocycles. The zero-order valence-electron chi connectivity index (χ0n) is 11.8. The zero-order chi connectivity index (χ0) is 15.5. The first kappa shape index (κ1) is 15.3. The Hall–Kier alpha value is -0.600. The quantitative estimate of drug-likeness (QED) is 0.400. The number of hydrogen-bond acceptors (Lipinski definition) is 0. The summed E-state index contributed by atoms with van der Waals surface area (Å²) in [5.74, 6) is 0. The molecule has 110 valence electrons. The molecule has 0 spiro atoms. The Morgan fingerprint density at radius 1 is 0.714 bits per heavy atom. The van der Waals surface area contributed by atoms with Crippen molar-refractivity contribution in [3.05, 3.63) is 44.4 Å². The fraction of sp³-hybridized carbons (Fsp3) is 0.250. The SMILES string of the molecule is CC(C)(C)n1c2c(Cl)cc(Cl)cc2c2cc(Cl)cc(Cl)c21. The van der Waals surface area contributed by atoms with Gasteiger partial charge in [0.25, 0.3) is 0 Å². The minimum absolute atomic E-state index is 0.186. The monoisotopic (exact) mass is 359 g/mol. The molecule has 0 radical (unpaired) electrons. The van der Waals surface area contributed by atoms with Gasteiger partial charge in [0.15, 0.2) is 0 Å². The van der Waals surface area contributed by atoms with Crippen LogP contribution >= 0.6 is 46.4 Å². The molecule has 1 nitrogen and oxygen atoms in total. The Morgan fingerprint density at radius 2 is 1.10 bits per heavy atom. The molecule has 0 amide bonds. The maximum absolute atomic E-state index is 6.46. The van der Waals surface area contributed by atoms with Crippen molar-refractivity contribution >= 4 is 68.2 Å². The number of fused-ring (bicyclic) bond motifs is 3. The van der Waals surface area contributed by atoms with Gasteiger partial charge in [0, 0.05) is 26.4 Å². The van der Waals surface area contributed by atoms with Gasteiger partial charge < -0.3 is 4.57 Å². The first-order valence-electron chi connectivity index (χ1n) is 6.49. The van der Waals surface area contributed by atoms with Crippen LogP contribution in [-0.2, 0) is 5.54 Å². The van der Waals surface area contributed by atoms with Crippen molar-refractivity contribution in [3.8, 4) is 0 Å². The van der Waals surface area contributed by atoms with E-state index in [-0.39, 0.29) is 5.54 Å². The maximum atomic E-state index is 6.46. The third kappa shape index (κ3) is 2.41. The summed E-state index contributed by atoms with van der Waals surface area (Å²) in [6.45, 7) is 6.34. The molecular formula is C16H13Cl4N. The molecule has 5 heteroatoms. The van der Waals surface area contributed by atoms with Gasteiger partial charge in [-0.2, -0.15) is 0 Å². The highest BCUT2D eigenvalue weighted by Crippen LogP contribution is 2.42. The molecular weight excluding hydrogens is 348 g/mol. The molecule has 1 aromatic heterocycles. The Labute approximate surface area is 143 Å². The van der Waals surface area contributed by atoms with Crippen molar-refractivity contribution in [2.75, 3.05) is 0 Å². The molecule has 2 aromatic carbocycles. The second-order valence-corrected chi connectivity index (χ2v) is 7.76. The lowest BCUT2D eigenvalue weighted by Crippen LogP contribution is -2.21. The second kappa shape index (κ2) is 4.96. The average molecular weight is 361 g/mol. The Morgan fingerprint density at radius 3 is 1.43 bits per heavy atom. The lowest BCUT2D eigenvalue weighted by atomic mass is 10.1. The van der Waals surface area contributed by atoms with Crippen molar-refractivity contribution in [2.24, 2.45) is 0 Å². The number of halogens is 4. The maximum Gasteiger partial charge on any atom is 0.0687 e. The Bertz CT molecular complexity index is 806. The highest BCUT2D eigenvalue weighted by atomic mass is 35.5. The predicted molar refractivity (Wildman–Crippen MR) is 94.5 cm³/mol. The molecule has 0 aliphatic rings. The standard InChI is InChI=1S/C16H13Cl4N/c1-16(2,3)21-14-10(4-8(17)6-12(14)19)11-5-9(18)7-13(20)15(11)21/h4-7H,1-3H3. The van der Waals surface area contributed by atoms with E-state index in [0.717, 1.165) is 21.8 Å². The lowest BCUT2D eigenvalue weighted by molar-refractivity contribution is 0.423. The van der Waals surface area contributed by atoms with Crippen LogP contribution < -0.4 is 0 Å². The van der Waals surface area contributed by atoms with E-state index in [1.165, 1.54) is 0 Å². The van der Waals surface area contributed by atoms with Gasteiger partial charge in [-0.05, 0) is 45.0 Å². The summed E-state index contributed by atoms with van der Waals surface area (Å²) < 4.78 is 2.15. The van der Waals surface area contributed by atoms with Gasteiger partial charge in [-0.3, -0.25) is 0 Å². The normalized spacial score (nSPS) is 12.5. The summed E-state index contributed by atoms with van der Waals surface area (Å²) in [7, 11) is 0. The smallest absolute Gasteiger partial charge is 0.0687 e. The molecule has 0 atom stereocenters. The Kier molecular flexibility index (Phi) is 3.61. The molecule has 0 saturated carbocycles. The van der Waals surface area contributed by atoms with Gasteiger partial charge in [-0.15, -0.1) is 0 Å². The molecule has 1 heterocycles. The van der Waals surface area contributed by atoms with Crippen LogP contribution in [0.4, 0.5) is 0 Å². The fourth-order valence-electron chi connectivity index (χ4n) is 2.78. The highest BCUT2D eigenvalue weighted by Gasteiger charge is 2.24. The fourth-order valence-corrected chi connectivity index (χ4v) is 3.94. The lowest BCUT2D eigenvalue weighted by Gasteiger charge is -2.25. The minimum atomic E-state index is -0.186. The van der Waals surface area contributed by atoms with Crippen LogP contribution in [0.15, 0.2) is 24.3 Å². The van der Waals surface area contributed by atoms with Crippen LogP contribution in [0.25, 0.3) is 21.8 Å². The van der Waals surface area contributed by atoms with Crippen LogP contribution in [0.3, 0.4) is 0 Å². The summed E-state index contributed by atoms with van der Waals surface area (Å²) in [5.41, 5.74) is 1.66. The van der Waals surface area contributed by atoms with Crippen molar-refractivity contribution in [3.63, 3.8) is 0 Å².